The molecule has 3 rings (SSSR count). The maximum absolute atomic E-state index is 11.7. The van der Waals surface area contributed by atoms with E-state index in [9.17, 15) is 9.59 Å². The van der Waals surface area contributed by atoms with Gasteiger partial charge in [0, 0.05) is 18.4 Å². The van der Waals surface area contributed by atoms with E-state index in [1.165, 1.54) is 21.3 Å². The van der Waals surface area contributed by atoms with Crippen LogP contribution in [0.1, 0.15) is 16.1 Å². The number of nitrogens with zero attached hydrogens (tertiary/aromatic N) is 3. The summed E-state index contributed by atoms with van der Waals surface area (Å²) in [6.45, 7) is 0.446. The molecule has 2 heterocycles. The average Bonchev–Trinajstić information content (AvgIpc) is 3.12. The summed E-state index contributed by atoms with van der Waals surface area (Å²) >= 11 is 0. The number of nitrogens with one attached hydrogen (secondary N) is 1. The zero-order valence-electron chi connectivity index (χ0n) is 15.5. The van der Waals surface area contributed by atoms with E-state index in [0.717, 1.165) is 15.9 Å². The van der Waals surface area contributed by atoms with Gasteiger partial charge < -0.3 is 23.9 Å². The molecule has 0 unspecified atom stereocenters. The largest absolute Gasteiger partial charge is 0.494 e. The SMILES string of the molecule is COC(=O)c1ncc(CNc2ccc(-n3nc(OC)oc3=O)cc2)cc1OC. The van der Waals surface area contributed by atoms with Gasteiger partial charge in [-0.05, 0) is 35.9 Å². The van der Waals surface area contributed by atoms with E-state index in [2.05, 4.69) is 20.1 Å². The molecule has 0 saturated heterocycles. The van der Waals surface area contributed by atoms with Gasteiger partial charge >= 0.3 is 17.8 Å². The van der Waals surface area contributed by atoms with Crippen LogP contribution in [0.3, 0.4) is 0 Å². The fraction of sp³-hybridized carbons (Fsp3) is 0.222. The molecule has 3 aromatic rings. The molecule has 0 saturated carbocycles. The summed E-state index contributed by atoms with van der Waals surface area (Å²) in [5, 5.41) is 7.12. The highest BCUT2D eigenvalue weighted by molar-refractivity contribution is 5.90. The topological polar surface area (TPSA) is 118 Å². The third-order valence-corrected chi connectivity index (χ3v) is 3.82. The number of carbonyl (C=O) groups is 1. The summed E-state index contributed by atoms with van der Waals surface area (Å²) in [6.07, 6.45) is 1.46. The van der Waals surface area contributed by atoms with Crippen LogP contribution in [0.5, 0.6) is 11.8 Å². The Balaban J connectivity index is 1.70. The summed E-state index contributed by atoms with van der Waals surface area (Å²) in [7, 11) is 4.11. The van der Waals surface area contributed by atoms with Gasteiger partial charge in [0.2, 0.25) is 0 Å². The number of carbonyl (C=O) groups excluding carboxylic acids is 1. The maximum atomic E-state index is 11.7. The molecular formula is C18H18N4O6. The van der Waals surface area contributed by atoms with Crippen LogP contribution in [0.25, 0.3) is 5.69 Å². The molecule has 0 aliphatic carbocycles. The van der Waals surface area contributed by atoms with Gasteiger partial charge in [-0.15, -0.1) is 0 Å². The molecule has 0 aliphatic heterocycles. The van der Waals surface area contributed by atoms with Gasteiger partial charge in [0.05, 0.1) is 27.0 Å². The molecular weight excluding hydrogens is 368 g/mol. The van der Waals surface area contributed by atoms with E-state index in [4.69, 9.17) is 13.9 Å². The van der Waals surface area contributed by atoms with Gasteiger partial charge in [-0.1, -0.05) is 5.10 Å². The molecule has 0 aliphatic rings. The average molecular weight is 386 g/mol. The number of esters is 1. The van der Waals surface area contributed by atoms with Crippen molar-refractivity contribution in [3.05, 3.63) is 58.3 Å². The Bertz CT molecular complexity index is 1030. The van der Waals surface area contributed by atoms with Crippen molar-refractivity contribution in [3.8, 4) is 17.5 Å². The van der Waals surface area contributed by atoms with Gasteiger partial charge in [0.25, 0.3) is 0 Å². The van der Waals surface area contributed by atoms with Crippen LogP contribution in [0, 0.1) is 0 Å². The van der Waals surface area contributed by atoms with E-state index in [1.54, 1.807) is 36.5 Å². The Labute approximate surface area is 159 Å². The Morgan fingerprint density at radius 3 is 2.54 bits per heavy atom. The second-order valence-corrected chi connectivity index (χ2v) is 5.54. The quantitative estimate of drug-likeness (QED) is 0.605. The lowest BCUT2D eigenvalue weighted by Crippen LogP contribution is -2.13. The van der Waals surface area contributed by atoms with Gasteiger partial charge in [-0.25, -0.2) is 14.6 Å². The monoisotopic (exact) mass is 386 g/mol. The number of hydrogen-bond donors (Lipinski definition) is 1. The number of anilines is 1. The lowest BCUT2D eigenvalue weighted by molar-refractivity contribution is 0.0590. The first-order valence-corrected chi connectivity index (χ1v) is 8.15. The third kappa shape index (κ3) is 3.95. The molecule has 0 fully saturated rings. The van der Waals surface area contributed by atoms with Gasteiger partial charge in [0.15, 0.2) is 11.4 Å². The van der Waals surface area contributed by atoms with Crippen molar-refractivity contribution < 1.29 is 23.4 Å². The van der Waals surface area contributed by atoms with Crippen LogP contribution < -0.4 is 20.5 Å². The summed E-state index contributed by atoms with van der Waals surface area (Å²) in [4.78, 5) is 27.5. The lowest BCUT2D eigenvalue weighted by atomic mass is 10.2. The van der Waals surface area contributed by atoms with Crippen LogP contribution in [0.15, 0.2) is 45.7 Å². The minimum absolute atomic E-state index is 0.107. The highest BCUT2D eigenvalue weighted by atomic mass is 16.6. The third-order valence-electron chi connectivity index (χ3n) is 3.82. The Morgan fingerprint density at radius 1 is 1.18 bits per heavy atom. The highest BCUT2D eigenvalue weighted by Gasteiger charge is 2.15. The maximum Gasteiger partial charge on any atom is 0.444 e. The van der Waals surface area contributed by atoms with E-state index in [-0.39, 0.29) is 11.8 Å². The highest BCUT2D eigenvalue weighted by Crippen LogP contribution is 2.20. The van der Waals surface area contributed by atoms with Crippen LogP contribution in [-0.4, -0.2) is 42.1 Å². The molecule has 10 heteroatoms. The van der Waals surface area contributed by atoms with E-state index < -0.39 is 11.7 Å². The summed E-state index contributed by atoms with van der Waals surface area (Å²) in [5.41, 5.74) is 2.27. The minimum Gasteiger partial charge on any atom is -0.494 e. The Morgan fingerprint density at radius 2 is 1.93 bits per heavy atom. The number of pyridine rings is 1. The van der Waals surface area contributed by atoms with Crippen LogP contribution in [-0.2, 0) is 11.3 Å². The molecule has 146 valence electrons. The predicted octanol–water partition coefficient (Wildman–Crippen LogP) is 1.64. The van der Waals surface area contributed by atoms with E-state index in [1.807, 2.05) is 0 Å². The standard InChI is InChI=1S/C18H18N4O6/c1-25-14-8-11(10-20-15(14)16(23)26-2)9-19-12-4-6-13(7-5-12)22-18(24)28-17(21-22)27-3/h4-8,10,19H,9H2,1-3H3. The fourth-order valence-electron chi connectivity index (χ4n) is 2.42. The van der Waals surface area contributed by atoms with Crippen molar-refractivity contribution in [2.75, 3.05) is 26.6 Å². The summed E-state index contributed by atoms with van der Waals surface area (Å²) in [6, 6.07) is 8.71. The van der Waals surface area contributed by atoms with Gasteiger partial charge in [-0.3, -0.25) is 0 Å². The molecule has 2 aromatic heterocycles. The van der Waals surface area contributed by atoms with E-state index >= 15 is 0 Å². The van der Waals surface area contributed by atoms with Crippen molar-refractivity contribution in [2.24, 2.45) is 0 Å². The van der Waals surface area contributed by atoms with E-state index in [0.29, 0.717) is 18.0 Å². The molecule has 0 atom stereocenters. The molecule has 1 N–H and O–H groups in total. The molecule has 1 aromatic carbocycles. The Hall–Kier alpha value is -3.82. The van der Waals surface area contributed by atoms with Crippen molar-refractivity contribution >= 4 is 11.7 Å². The van der Waals surface area contributed by atoms with Gasteiger partial charge in [-0.2, -0.15) is 4.68 Å². The fourth-order valence-corrected chi connectivity index (χ4v) is 2.42. The van der Waals surface area contributed by atoms with Crippen molar-refractivity contribution in [2.45, 2.75) is 6.54 Å². The zero-order valence-corrected chi connectivity index (χ0v) is 15.5. The van der Waals surface area contributed by atoms with Crippen LogP contribution in [0.2, 0.25) is 0 Å². The number of aromatic nitrogens is 3. The number of ether oxygens (including phenoxy) is 3. The molecule has 0 spiro atoms. The van der Waals surface area contributed by atoms with Crippen molar-refractivity contribution in [1.29, 1.82) is 0 Å². The summed E-state index contributed by atoms with van der Waals surface area (Å²) in [5.74, 6) is -0.867. The van der Waals surface area contributed by atoms with Crippen LogP contribution in [0.4, 0.5) is 5.69 Å². The first kappa shape index (κ1) is 19.0. The minimum atomic E-state index is -0.638. The molecule has 0 amide bonds. The lowest BCUT2D eigenvalue weighted by Gasteiger charge is -2.10. The molecule has 0 radical (unpaired) electrons. The first-order valence-electron chi connectivity index (χ1n) is 8.15. The van der Waals surface area contributed by atoms with Crippen molar-refractivity contribution in [1.82, 2.24) is 14.8 Å². The number of benzene rings is 1. The Kier molecular flexibility index (Phi) is 5.58. The number of hydrogen-bond acceptors (Lipinski definition) is 9. The van der Waals surface area contributed by atoms with Crippen LogP contribution >= 0.6 is 0 Å². The molecule has 0 bridgehead atoms. The predicted molar refractivity (Wildman–Crippen MR) is 98.1 cm³/mol. The van der Waals surface area contributed by atoms with Gasteiger partial charge in [0.1, 0.15) is 0 Å². The number of rotatable bonds is 7. The first-order chi connectivity index (χ1) is 13.5. The van der Waals surface area contributed by atoms with Crippen molar-refractivity contribution in [3.63, 3.8) is 0 Å². The zero-order chi connectivity index (χ0) is 20.1. The molecule has 10 nitrogen and oxygen atoms in total. The molecule has 28 heavy (non-hydrogen) atoms. The summed E-state index contributed by atoms with van der Waals surface area (Å²) < 4.78 is 20.6. The smallest absolute Gasteiger partial charge is 0.444 e. The number of methoxy groups -OCH3 is 3. The normalized spacial score (nSPS) is 10.4. The second kappa shape index (κ2) is 8.25. The second-order valence-electron chi connectivity index (χ2n) is 5.54.